The van der Waals surface area contributed by atoms with Gasteiger partial charge in [-0.2, -0.15) is 0 Å². The van der Waals surface area contributed by atoms with E-state index in [1.807, 2.05) is 6.07 Å². The quantitative estimate of drug-likeness (QED) is 0.706. The van der Waals surface area contributed by atoms with Gasteiger partial charge in [0.25, 0.3) is 0 Å². The Hall–Kier alpha value is -0.970. The number of halogens is 1. The molecule has 0 spiro atoms. The highest BCUT2D eigenvalue weighted by atomic mass is 35.5. The Morgan fingerprint density at radius 2 is 2.27 bits per heavy atom. The Morgan fingerprint density at radius 1 is 1.53 bits per heavy atom. The van der Waals surface area contributed by atoms with Crippen LogP contribution < -0.4 is 21.5 Å². The summed E-state index contributed by atoms with van der Waals surface area (Å²) in [7, 11) is 1.58. The fourth-order valence-corrected chi connectivity index (χ4v) is 1.37. The van der Waals surface area contributed by atoms with Gasteiger partial charge in [0.05, 0.1) is 12.1 Å². The van der Waals surface area contributed by atoms with Crippen molar-refractivity contribution in [3.05, 3.63) is 23.2 Å². The highest BCUT2D eigenvalue weighted by molar-refractivity contribution is 6.32. The first-order valence-electron chi connectivity index (χ1n) is 4.70. The van der Waals surface area contributed by atoms with Gasteiger partial charge in [0, 0.05) is 24.8 Å². The van der Waals surface area contributed by atoms with E-state index >= 15 is 0 Å². The van der Waals surface area contributed by atoms with Crippen molar-refractivity contribution in [3.8, 4) is 5.75 Å². The number of hydrogen-bond donors (Lipinski definition) is 3. The smallest absolute Gasteiger partial charge is 0.137 e. The number of benzene rings is 1. The van der Waals surface area contributed by atoms with Crippen LogP contribution in [-0.4, -0.2) is 26.2 Å². The molecule has 0 aromatic heterocycles. The van der Waals surface area contributed by atoms with Crippen molar-refractivity contribution in [2.45, 2.75) is 6.04 Å². The first kappa shape index (κ1) is 12.1. The molecule has 1 rings (SSSR count). The van der Waals surface area contributed by atoms with E-state index in [4.69, 9.17) is 27.8 Å². The molecule has 1 aromatic carbocycles. The SMILES string of the molecule is COc1ccc(NCC(N)CN)cc1Cl. The third-order valence-electron chi connectivity index (χ3n) is 2.02. The van der Waals surface area contributed by atoms with Crippen LogP contribution >= 0.6 is 11.6 Å². The summed E-state index contributed by atoms with van der Waals surface area (Å²) in [6, 6.07) is 5.43. The van der Waals surface area contributed by atoms with Gasteiger partial charge < -0.3 is 21.5 Å². The van der Waals surface area contributed by atoms with Crippen molar-refractivity contribution in [1.29, 1.82) is 0 Å². The maximum Gasteiger partial charge on any atom is 0.137 e. The van der Waals surface area contributed by atoms with E-state index in [1.165, 1.54) is 0 Å². The average Bonchev–Trinajstić information content (AvgIpc) is 2.26. The average molecular weight is 230 g/mol. The van der Waals surface area contributed by atoms with E-state index in [1.54, 1.807) is 19.2 Å². The molecule has 0 bridgehead atoms. The summed E-state index contributed by atoms with van der Waals surface area (Å²) in [5.41, 5.74) is 12.0. The molecule has 0 radical (unpaired) electrons. The van der Waals surface area contributed by atoms with Crippen molar-refractivity contribution in [1.82, 2.24) is 0 Å². The van der Waals surface area contributed by atoms with E-state index in [2.05, 4.69) is 5.32 Å². The molecule has 0 saturated heterocycles. The van der Waals surface area contributed by atoms with Crippen LogP contribution in [0, 0.1) is 0 Å². The predicted molar refractivity (Wildman–Crippen MR) is 63.5 cm³/mol. The molecule has 0 heterocycles. The normalized spacial score (nSPS) is 12.3. The minimum atomic E-state index is -0.0501. The number of nitrogens with two attached hydrogens (primary N) is 2. The van der Waals surface area contributed by atoms with Crippen LogP contribution in [0.5, 0.6) is 5.75 Å². The molecular weight excluding hydrogens is 214 g/mol. The number of nitrogens with one attached hydrogen (secondary N) is 1. The highest BCUT2D eigenvalue weighted by Gasteiger charge is 2.03. The number of rotatable bonds is 5. The molecule has 1 unspecified atom stereocenters. The van der Waals surface area contributed by atoms with Gasteiger partial charge in [0.15, 0.2) is 0 Å². The summed E-state index contributed by atoms with van der Waals surface area (Å²) >= 11 is 5.96. The van der Waals surface area contributed by atoms with Crippen molar-refractivity contribution >= 4 is 17.3 Å². The predicted octanol–water partition coefficient (Wildman–Crippen LogP) is 1.05. The van der Waals surface area contributed by atoms with Crippen molar-refractivity contribution in [3.63, 3.8) is 0 Å². The van der Waals surface area contributed by atoms with Crippen molar-refractivity contribution < 1.29 is 4.74 Å². The summed E-state index contributed by atoms with van der Waals surface area (Å²) in [6.45, 7) is 1.08. The van der Waals surface area contributed by atoms with Crippen LogP contribution in [0.15, 0.2) is 18.2 Å². The fourth-order valence-electron chi connectivity index (χ4n) is 1.11. The van der Waals surface area contributed by atoms with Gasteiger partial charge in [-0.3, -0.25) is 0 Å². The second-order valence-corrected chi connectivity index (χ2v) is 3.63. The molecular formula is C10H16ClN3O. The lowest BCUT2D eigenvalue weighted by Gasteiger charge is -2.12. The van der Waals surface area contributed by atoms with Crippen LogP contribution in [0.2, 0.25) is 5.02 Å². The van der Waals surface area contributed by atoms with Gasteiger partial charge in [0.1, 0.15) is 5.75 Å². The van der Waals surface area contributed by atoms with Crippen molar-refractivity contribution in [2.24, 2.45) is 11.5 Å². The highest BCUT2D eigenvalue weighted by Crippen LogP contribution is 2.26. The zero-order valence-electron chi connectivity index (χ0n) is 8.66. The third-order valence-corrected chi connectivity index (χ3v) is 2.32. The van der Waals surface area contributed by atoms with Gasteiger partial charge in [0.2, 0.25) is 0 Å². The van der Waals surface area contributed by atoms with Gasteiger partial charge in [-0.25, -0.2) is 0 Å². The van der Waals surface area contributed by atoms with E-state index in [0.29, 0.717) is 23.9 Å². The van der Waals surface area contributed by atoms with Crippen molar-refractivity contribution in [2.75, 3.05) is 25.5 Å². The zero-order valence-corrected chi connectivity index (χ0v) is 9.42. The van der Waals surface area contributed by atoms with Crippen LogP contribution in [0.3, 0.4) is 0 Å². The summed E-state index contributed by atoms with van der Waals surface area (Å²) in [5, 5.41) is 3.72. The Morgan fingerprint density at radius 3 is 2.80 bits per heavy atom. The second-order valence-electron chi connectivity index (χ2n) is 3.23. The largest absolute Gasteiger partial charge is 0.495 e. The van der Waals surface area contributed by atoms with Crippen LogP contribution in [0.1, 0.15) is 0 Å². The maximum atomic E-state index is 5.96. The van der Waals surface area contributed by atoms with Crippen LogP contribution in [0.4, 0.5) is 5.69 Å². The van der Waals surface area contributed by atoms with Gasteiger partial charge in [-0.15, -0.1) is 0 Å². The van der Waals surface area contributed by atoms with Gasteiger partial charge in [-0.1, -0.05) is 11.6 Å². The molecule has 0 fully saturated rings. The summed E-state index contributed by atoms with van der Waals surface area (Å²) in [5.74, 6) is 0.658. The molecule has 15 heavy (non-hydrogen) atoms. The minimum Gasteiger partial charge on any atom is -0.495 e. The zero-order chi connectivity index (χ0) is 11.3. The lowest BCUT2D eigenvalue weighted by atomic mass is 10.2. The van der Waals surface area contributed by atoms with E-state index < -0.39 is 0 Å². The molecule has 1 aromatic rings. The van der Waals surface area contributed by atoms with E-state index in [-0.39, 0.29) is 6.04 Å². The topological polar surface area (TPSA) is 73.3 Å². The molecule has 84 valence electrons. The number of methoxy groups -OCH3 is 1. The minimum absolute atomic E-state index is 0.0501. The Bertz CT molecular complexity index is 320. The summed E-state index contributed by atoms with van der Waals surface area (Å²) in [6.07, 6.45) is 0. The molecule has 4 nitrogen and oxygen atoms in total. The van der Waals surface area contributed by atoms with Gasteiger partial charge >= 0.3 is 0 Å². The molecule has 0 amide bonds. The molecule has 5 heteroatoms. The summed E-state index contributed by atoms with van der Waals surface area (Å²) in [4.78, 5) is 0. The van der Waals surface area contributed by atoms with Gasteiger partial charge in [-0.05, 0) is 18.2 Å². The standard InChI is InChI=1S/C10H16ClN3O/c1-15-10-3-2-8(4-9(10)11)14-6-7(13)5-12/h2-4,7,14H,5-6,12-13H2,1H3. The molecule has 0 aliphatic rings. The number of ether oxygens (including phenoxy) is 1. The monoisotopic (exact) mass is 229 g/mol. The van der Waals surface area contributed by atoms with E-state index in [9.17, 15) is 0 Å². The molecule has 1 atom stereocenters. The lowest BCUT2D eigenvalue weighted by molar-refractivity contribution is 0.415. The maximum absolute atomic E-state index is 5.96. The first-order chi connectivity index (χ1) is 7.17. The van der Waals surface area contributed by atoms with Crippen LogP contribution in [-0.2, 0) is 0 Å². The molecule has 5 N–H and O–H groups in total. The second kappa shape index (κ2) is 5.80. The Labute approximate surface area is 94.5 Å². The molecule has 0 aliphatic heterocycles. The molecule has 0 aliphatic carbocycles. The number of hydrogen-bond acceptors (Lipinski definition) is 4. The number of anilines is 1. The Kier molecular flexibility index (Phi) is 4.68. The summed E-state index contributed by atoms with van der Waals surface area (Å²) < 4.78 is 5.04. The third kappa shape index (κ3) is 3.58. The lowest BCUT2D eigenvalue weighted by Crippen LogP contribution is -2.36. The molecule has 0 saturated carbocycles. The fraction of sp³-hybridized carbons (Fsp3) is 0.400. The van der Waals surface area contributed by atoms with Crippen LogP contribution in [0.25, 0.3) is 0 Å². The first-order valence-corrected chi connectivity index (χ1v) is 5.08. The van der Waals surface area contributed by atoms with E-state index in [0.717, 1.165) is 5.69 Å². The Balaban J connectivity index is 2.59.